The van der Waals surface area contributed by atoms with Gasteiger partial charge >= 0.3 is 5.97 Å². The normalized spacial score (nSPS) is 10.9. The van der Waals surface area contributed by atoms with E-state index in [0.29, 0.717) is 5.69 Å². The van der Waals surface area contributed by atoms with Gasteiger partial charge in [0.1, 0.15) is 5.82 Å². The van der Waals surface area contributed by atoms with Gasteiger partial charge < -0.3 is 15.0 Å². The second kappa shape index (κ2) is 8.42. The van der Waals surface area contributed by atoms with Crippen molar-refractivity contribution in [2.75, 3.05) is 25.5 Å². The van der Waals surface area contributed by atoms with Gasteiger partial charge in [-0.05, 0) is 29.7 Å². The predicted octanol–water partition coefficient (Wildman–Crippen LogP) is 2.20. The third-order valence-electron chi connectivity index (χ3n) is 2.97. The first-order chi connectivity index (χ1) is 11.1. The Labute approximate surface area is 141 Å². The molecule has 0 atom stereocenters. The fraction of sp³-hybridized carbons (Fsp3) is 0.471. The van der Waals surface area contributed by atoms with Gasteiger partial charge in [0.05, 0.1) is 13.0 Å². The second-order valence-corrected chi connectivity index (χ2v) is 6.70. The van der Waals surface area contributed by atoms with Gasteiger partial charge in [0.25, 0.3) is 5.91 Å². The summed E-state index contributed by atoms with van der Waals surface area (Å²) in [6.45, 7) is 5.06. The van der Waals surface area contributed by atoms with Crippen LogP contribution in [0.1, 0.15) is 27.2 Å². The van der Waals surface area contributed by atoms with E-state index in [1.807, 2.05) is 20.8 Å². The second-order valence-electron chi connectivity index (χ2n) is 6.70. The van der Waals surface area contributed by atoms with Crippen LogP contribution in [0.5, 0.6) is 0 Å². The van der Waals surface area contributed by atoms with Crippen LogP contribution in [0.3, 0.4) is 0 Å². The highest BCUT2D eigenvalue weighted by molar-refractivity contribution is 5.94. The van der Waals surface area contributed by atoms with Crippen LogP contribution < -0.4 is 5.32 Å². The number of hydrogen-bond acceptors (Lipinski definition) is 4. The molecule has 0 aliphatic heterocycles. The topological polar surface area (TPSA) is 75.7 Å². The van der Waals surface area contributed by atoms with Crippen LogP contribution >= 0.6 is 0 Å². The summed E-state index contributed by atoms with van der Waals surface area (Å²) in [5, 5.41) is 2.54. The van der Waals surface area contributed by atoms with Gasteiger partial charge in [-0.25, -0.2) is 4.39 Å². The molecule has 1 rings (SSSR count). The van der Waals surface area contributed by atoms with Crippen LogP contribution in [-0.4, -0.2) is 42.9 Å². The van der Waals surface area contributed by atoms with Gasteiger partial charge in [-0.1, -0.05) is 20.8 Å². The molecule has 0 aliphatic carbocycles. The summed E-state index contributed by atoms with van der Waals surface area (Å²) in [4.78, 5) is 36.4. The molecule has 1 N–H and O–H groups in total. The Morgan fingerprint density at radius 3 is 2.29 bits per heavy atom. The zero-order valence-corrected chi connectivity index (χ0v) is 14.4. The van der Waals surface area contributed by atoms with Crippen LogP contribution in [-0.2, 0) is 19.1 Å². The monoisotopic (exact) mass is 338 g/mol. The van der Waals surface area contributed by atoms with E-state index < -0.39 is 30.2 Å². The largest absolute Gasteiger partial charge is 0.456 e. The van der Waals surface area contributed by atoms with E-state index in [1.54, 1.807) is 0 Å². The van der Waals surface area contributed by atoms with E-state index in [-0.39, 0.29) is 18.4 Å². The van der Waals surface area contributed by atoms with Gasteiger partial charge in [-0.15, -0.1) is 0 Å². The molecule has 0 spiro atoms. The summed E-state index contributed by atoms with van der Waals surface area (Å²) < 4.78 is 17.7. The fourth-order valence-corrected chi connectivity index (χ4v) is 1.77. The molecule has 0 aliphatic rings. The highest BCUT2D eigenvalue weighted by Crippen LogP contribution is 2.18. The quantitative estimate of drug-likeness (QED) is 0.807. The molecule has 0 bridgehead atoms. The van der Waals surface area contributed by atoms with E-state index in [4.69, 9.17) is 4.74 Å². The number of nitrogens with zero attached hydrogens (tertiary/aromatic N) is 1. The van der Waals surface area contributed by atoms with Crippen LogP contribution in [0.4, 0.5) is 10.1 Å². The molecule has 7 heteroatoms. The summed E-state index contributed by atoms with van der Waals surface area (Å²) in [5.74, 6) is -1.78. The Bertz CT molecular complexity index is 594. The molecule has 2 amide bonds. The number of carbonyl (C=O) groups is 3. The third-order valence-corrected chi connectivity index (χ3v) is 2.97. The molecule has 0 saturated heterocycles. The van der Waals surface area contributed by atoms with Gasteiger partial charge in [0, 0.05) is 12.7 Å². The summed E-state index contributed by atoms with van der Waals surface area (Å²) in [7, 11) is 1.43. The number of carbonyl (C=O) groups excluding carboxylic acids is 3. The van der Waals surface area contributed by atoms with Crippen LogP contribution in [0.25, 0.3) is 0 Å². The number of amides is 2. The number of nitrogens with one attached hydrogen (secondary N) is 1. The lowest BCUT2D eigenvalue weighted by atomic mass is 9.92. The third kappa shape index (κ3) is 7.71. The minimum atomic E-state index is -0.480. The van der Waals surface area contributed by atoms with Crippen molar-refractivity contribution in [2.45, 2.75) is 27.2 Å². The lowest BCUT2D eigenvalue weighted by Crippen LogP contribution is -2.37. The Balaban J connectivity index is 2.39. The maximum atomic E-state index is 12.8. The predicted molar refractivity (Wildman–Crippen MR) is 87.7 cm³/mol. The van der Waals surface area contributed by atoms with Crippen molar-refractivity contribution in [3.8, 4) is 0 Å². The van der Waals surface area contributed by atoms with E-state index >= 15 is 0 Å². The van der Waals surface area contributed by atoms with Crippen LogP contribution in [0.2, 0.25) is 0 Å². The number of anilines is 1. The molecule has 0 radical (unpaired) electrons. The van der Waals surface area contributed by atoms with Crippen molar-refractivity contribution in [2.24, 2.45) is 5.41 Å². The molecule has 1 aromatic rings. The van der Waals surface area contributed by atoms with Crippen molar-refractivity contribution < 1.29 is 23.5 Å². The first kappa shape index (κ1) is 19.6. The van der Waals surface area contributed by atoms with Gasteiger partial charge in [-0.2, -0.15) is 0 Å². The van der Waals surface area contributed by atoms with Crippen molar-refractivity contribution in [1.29, 1.82) is 0 Å². The molecular weight excluding hydrogens is 315 g/mol. The molecule has 0 heterocycles. The number of esters is 1. The molecule has 0 aromatic heterocycles. The van der Waals surface area contributed by atoms with E-state index in [9.17, 15) is 18.8 Å². The maximum Gasteiger partial charge on any atom is 0.306 e. The minimum Gasteiger partial charge on any atom is -0.456 e. The van der Waals surface area contributed by atoms with Crippen molar-refractivity contribution >= 4 is 23.5 Å². The molecule has 1 aromatic carbocycles. The van der Waals surface area contributed by atoms with Crippen molar-refractivity contribution in [3.63, 3.8) is 0 Å². The standard InChI is InChI=1S/C17H23FN2O4/c1-17(2,3)9-16(23)24-11-15(22)20(4)10-14(21)19-13-7-5-12(18)6-8-13/h5-8H,9-11H2,1-4H3,(H,19,21). The Kier molecular flexibility index (Phi) is 6.88. The van der Waals surface area contributed by atoms with Crippen LogP contribution in [0.15, 0.2) is 24.3 Å². The summed E-state index contributed by atoms with van der Waals surface area (Å²) in [6.07, 6.45) is 0.203. The molecule has 0 saturated carbocycles. The highest BCUT2D eigenvalue weighted by Gasteiger charge is 2.19. The maximum absolute atomic E-state index is 12.8. The first-order valence-electron chi connectivity index (χ1n) is 7.52. The molecular formula is C17H23FN2O4. The number of hydrogen-bond donors (Lipinski definition) is 1. The SMILES string of the molecule is CN(CC(=O)Nc1ccc(F)cc1)C(=O)COC(=O)CC(C)(C)C. The molecule has 0 fully saturated rings. The fourth-order valence-electron chi connectivity index (χ4n) is 1.77. The number of benzene rings is 1. The van der Waals surface area contributed by atoms with E-state index in [1.165, 1.54) is 31.3 Å². The smallest absolute Gasteiger partial charge is 0.306 e. The Morgan fingerprint density at radius 2 is 1.75 bits per heavy atom. The molecule has 0 unspecified atom stereocenters. The number of halogens is 1. The minimum absolute atomic E-state index is 0.201. The number of rotatable bonds is 6. The average Bonchev–Trinajstić information content (AvgIpc) is 2.45. The zero-order valence-electron chi connectivity index (χ0n) is 14.4. The van der Waals surface area contributed by atoms with E-state index in [0.717, 1.165) is 4.90 Å². The van der Waals surface area contributed by atoms with Gasteiger partial charge in [-0.3, -0.25) is 14.4 Å². The van der Waals surface area contributed by atoms with Crippen LogP contribution in [0, 0.1) is 11.2 Å². The van der Waals surface area contributed by atoms with E-state index in [2.05, 4.69) is 5.32 Å². The summed E-state index contributed by atoms with van der Waals surface area (Å²) in [6, 6.07) is 5.28. The first-order valence-corrected chi connectivity index (χ1v) is 7.52. The highest BCUT2D eigenvalue weighted by atomic mass is 19.1. The molecule has 6 nitrogen and oxygen atoms in total. The number of likely N-dealkylation sites (N-methyl/N-ethyl adjacent to an activating group) is 1. The lowest BCUT2D eigenvalue weighted by molar-refractivity contribution is -0.153. The van der Waals surface area contributed by atoms with Crippen molar-refractivity contribution in [3.05, 3.63) is 30.1 Å². The number of ether oxygens (including phenoxy) is 1. The molecule has 132 valence electrons. The molecule has 24 heavy (non-hydrogen) atoms. The summed E-state index contributed by atoms with van der Waals surface area (Å²) >= 11 is 0. The Hall–Kier alpha value is -2.44. The lowest BCUT2D eigenvalue weighted by Gasteiger charge is -2.19. The zero-order chi connectivity index (χ0) is 18.3. The van der Waals surface area contributed by atoms with Crippen molar-refractivity contribution in [1.82, 2.24) is 4.90 Å². The van der Waals surface area contributed by atoms with Gasteiger partial charge in [0.2, 0.25) is 5.91 Å². The van der Waals surface area contributed by atoms with Gasteiger partial charge in [0.15, 0.2) is 6.61 Å². The Morgan fingerprint density at radius 1 is 1.17 bits per heavy atom. The average molecular weight is 338 g/mol. The summed E-state index contributed by atoms with van der Waals surface area (Å²) in [5.41, 5.74) is 0.208.